The van der Waals surface area contributed by atoms with Crippen molar-refractivity contribution in [3.8, 4) is 17.1 Å². The lowest BCUT2D eigenvalue weighted by Crippen LogP contribution is -2.01. The van der Waals surface area contributed by atoms with E-state index in [1.807, 2.05) is 54.2 Å². The normalized spacial score (nSPS) is 11.8. The van der Waals surface area contributed by atoms with E-state index in [-0.39, 0.29) is 0 Å². The van der Waals surface area contributed by atoms with E-state index in [9.17, 15) is 0 Å². The summed E-state index contributed by atoms with van der Waals surface area (Å²) in [5.74, 6) is 0.653. The molecule has 5 heteroatoms. The molecule has 32 heavy (non-hydrogen) atoms. The van der Waals surface area contributed by atoms with Crippen LogP contribution in [-0.2, 0) is 0 Å². The summed E-state index contributed by atoms with van der Waals surface area (Å²) in [6.45, 7) is 0. The van der Waals surface area contributed by atoms with E-state index in [1.165, 1.54) is 20.2 Å². The zero-order valence-corrected chi connectivity index (χ0v) is 17.8. The molecule has 150 valence electrons. The molecular formula is C27H16N4S. The Labute approximate surface area is 187 Å². The van der Waals surface area contributed by atoms with Crippen LogP contribution in [0.1, 0.15) is 0 Å². The summed E-state index contributed by atoms with van der Waals surface area (Å²) in [6.07, 6.45) is 5.65. The number of thiophene rings is 1. The van der Waals surface area contributed by atoms with E-state index >= 15 is 0 Å². The van der Waals surface area contributed by atoms with Crippen molar-refractivity contribution in [2.45, 2.75) is 0 Å². The molecule has 0 unspecified atom stereocenters. The largest absolute Gasteiger partial charge is 0.276 e. The number of hydrogen-bond donors (Lipinski definition) is 0. The van der Waals surface area contributed by atoms with Crippen LogP contribution in [0.15, 0.2) is 97.5 Å². The predicted octanol–water partition coefficient (Wildman–Crippen LogP) is 7.00. The minimum absolute atomic E-state index is 0.653. The number of rotatable bonds is 2. The maximum absolute atomic E-state index is 4.80. The van der Waals surface area contributed by atoms with Gasteiger partial charge in [0.2, 0.25) is 5.95 Å². The number of fused-ring (bicyclic) bond motifs is 7. The average molecular weight is 429 g/mol. The van der Waals surface area contributed by atoms with Crippen molar-refractivity contribution >= 4 is 53.4 Å². The van der Waals surface area contributed by atoms with Crippen LogP contribution < -0.4 is 0 Å². The van der Waals surface area contributed by atoms with Gasteiger partial charge in [-0.25, -0.2) is 9.97 Å². The first-order valence-corrected chi connectivity index (χ1v) is 11.3. The molecule has 0 N–H and O–H groups in total. The number of nitrogens with zero attached hydrogens (tertiary/aromatic N) is 4. The summed E-state index contributed by atoms with van der Waals surface area (Å²) >= 11 is 1.82. The summed E-state index contributed by atoms with van der Waals surface area (Å²) in [6, 6.07) is 27.2. The van der Waals surface area contributed by atoms with Gasteiger partial charge in [-0.3, -0.25) is 9.55 Å². The van der Waals surface area contributed by atoms with Crippen molar-refractivity contribution in [2.75, 3.05) is 0 Å². The molecule has 0 spiro atoms. The van der Waals surface area contributed by atoms with Crippen molar-refractivity contribution < 1.29 is 0 Å². The quantitative estimate of drug-likeness (QED) is 0.298. The van der Waals surface area contributed by atoms with Gasteiger partial charge in [-0.05, 0) is 35.9 Å². The molecule has 0 atom stereocenters. The van der Waals surface area contributed by atoms with Gasteiger partial charge in [0.1, 0.15) is 0 Å². The summed E-state index contributed by atoms with van der Waals surface area (Å²) in [5.41, 5.74) is 5.20. The zero-order valence-electron chi connectivity index (χ0n) is 16.9. The standard InChI is InChI=1S/C27H16N4S/c1-2-7-17(8-3-1)18-15-29-27(30-16-18)31-21-10-6-14-28-25(21)20-12-13-23-24(26(20)31)19-9-4-5-11-22(19)32-23/h1-16H. The summed E-state index contributed by atoms with van der Waals surface area (Å²) in [5, 5.41) is 3.60. The molecule has 0 aliphatic carbocycles. The Kier molecular flexibility index (Phi) is 3.68. The van der Waals surface area contributed by atoms with Crippen LogP contribution in [0.5, 0.6) is 0 Å². The van der Waals surface area contributed by atoms with Gasteiger partial charge >= 0.3 is 0 Å². The average Bonchev–Trinajstić information content (AvgIpc) is 3.40. The van der Waals surface area contributed by atoms with Gasteiger partial charge in [0.25, 0.3) is 0 Å². The van der Waals surface area contributed by atoms with Gasteiger partial charge in [-0.1, -0.05) is 48.5 Å². The van der Waals surface area contributed by atoms with E-state index in [4.69, 9.17) is 15.0 Å². The smallest absolute Gasteiger partial charge is 0.234 e. The highest BCUT2D eigenvalue weighted by molar-refractivity contribution is 7.26. The second-order valence-electron chi connectivity index (χ2n) is 7.78. The second kappa shape index (κ2) is 6.70. The van der Waals surface area contributed by atoms with E-state index in [1.54, 1.807) is 0 Å². The van der Waals surface area contributed by atoms with E-state index < -0.39 is 0 Å². The predicted molar refractivity (Wildman–Crippen MR) is 132 cm³/mol. The zero-order chi connectivity index (χ0) is 21.1. The first kappa shape index (κ1) is 17.6. The lowest BCUT2D eigenvalue weighted by Gasteiger charge is -2.08. The third-order valence-electron chi connectivity index (χ3n) is 5.97. The monoisotopic (exact) mass is 428 g/mol. The fourth-order valence-electron chi connectivity index (χ4n) is 4.55. The fourth-order valence-corrected chi connectivity index (χ4v) is 5.66. The highest BCUT2D eigenvalue weighted by atomic mass is 32.1. The van der Waals surface area contributed by atoms with E-state index in [0.29, 0.717) is 5.95 Å². The second-order valence-corrected chi connectivity index (χ2v) is 8.86. The summed E-state index contributed by atoms with van der Waals surface area (Å²) < 4.78 is 4.69. The van der Waals surface area contributed by atoms with Crippen molar-refractivity contribution in [1.29, 1.82) is 0 Å². The molecule has 0 fully saturated rings. The molecular weight excluding hydrogens is 412 g/mol. The molecule has 0 amide bonds. The number of aromatic nitrogens is 4. The maximum Gasteiger partial charge on any atom is 0.234 e. The third kappa shape index (κ3) is 2.46. The Bertz CT molecular complexity index is 1760. The molecule has 0 radical (unpaired) electrons. The summed E-state index contributed by atoms with van der Waals surface area (Å²) in [4.78, 5) is 14.3. The fraction of sp³-hybridized carbons (Fsp3) is 0. The van der Waals surface area contributed by atoms with Gasteiger partial charge in [0, 0.05) is 49.7 Å². The number of hydrogen-bond acceptors (Lipinski definition) is 4. The Hall–Kier alpha value is -4.09. The van der Waals surface area contributed by atoms with Crippen molar-refractivity contribution in [1.82, 2.24) is 19.5 Å². The van der Waals surface area contributed by atoms with Crippen LogP contribution in [0.3, 0.4) is 0 Å². The van der Waals surface area contributed by atoms with Gasteiger partial charge in [-0.2, -0.15) is 0 Å². The van der Waals surface area contributed by atoms with Crippen LogP contribution in [-0.4, -0.2) is 19.5 Å². The van der Waals surface area contributed by atoms with E-state index in [0.717, 1.165) is 33.1 Å². The van der Waals surface area contributed by atoms with Crippen molar-refractivity contribution in [3.05, 3.63) is 97.5 Å². The van der Waals surface area contributed by atoms with Gasteiger partial charge in [0.05, 0.1) is 16.6 Å². The molecule has 0 aliphatic heterocycles. The van der Waals surface area contributed by atoms with Crippen LogP contribution in [0.4, 0.5) is 0 Å². The lowest BCUT2D eigenvalue weighted by atomic mass is 10.1. The van der Waals surface area contributed by atoms with Crippen molar-refractivity contribution in [3.63, 3.8) is 0 Å². The first-order chi connectivity index (χ1) is 15.9. The maximum atomic E-state index is 4.80. The Balaban J connectivity index is 1.59. The molecule has 0 saturated heterocycles. The van der Waals surface area contributed by atoms with Crippen LogP contribution >= 0.6 is 11.3 Å². The molecule has 7 aromatic rings. The van der Waals surface area contributed by atoms with Gasteiger partial charge in [-0.15, -0.1) is 11.3 Å². The molecule has 4 aromatic heterocycles. The van der Waals surface area contributed by atoms with Gasteiger partial charge < -0.3 is 0 Å². The lowest BCUT2D eigenvalue weighted by molar-refractivity contribution is 0.992. The highest BCUT2D eigenvalue weighted by Gasteiger charge is 2.19. The SMILES string of the molecule is c1ccc(-c2cnc(-n3c4cccnc4c4ccc5sc6ccccc6c5c43)nc2)cc1. The molecule has 4 heterocycles. The van der Waals surface area contributed by atoms with Crippen molar-refractivity contribution in [2.24, 2.45) is 0 Å². The van der Waals surface area contributed by atoms with Crippen LogP contribution in [0.25, 0.3) is 59.2 Å². The molecule has 0 bridgehead atoms. The Morgan fingerprint density at radius 2 is 1.44 bits per heavy atom. The molecule has 4 nitrogen and oxygen atoms in total. The first-order valence-electron chi connectivity index (χ1n) is 10.5. The molecule has 7 rings (SSSR count). The van der Waals surface area contributed by atoms with Gasteiger partial charge in [0.15, 0.2) is 0 Å². The highest BCUT2D eigenvalue weighted by Crippen LogP contribution is 2.41. The molecule has 3 aromatic carbocycles. The van der Waals surface area contributed by atoms with Crippen LogP contribution in [0, 0.1) is 0 Å². The van der Waals surface area contributed by atoms with Crippen LogP contribution in [0.2, 0.25) is 0 Å². The van der Waals surface area contributed by atoms with E-state index in [2.05, 4.69) is 59.2 Å². The molecule has 0 saturated carbocycles. The topological polar surface area (TPSA) is 43.6 Å². The molecule has 0 aliphatic rings. The number of benzene rings is 3. The minimum atomic E-state index is 0.653. The number of pyridine rings is 1. The summed E-state index contributed by atoms with van der Waals surface area (Å²) in [7, 11) is 0. The Morgan fingerprint density at radius 3 is 2.31 bits per heavy atom. The Morgan fingerprint density at radius 1 is 0.625 bits per heavy atom. The third-order valence-corrected chi connectivity index (χ3v) is 7.10. The minimum Gasteiger partial charge on any atom is -0.276 e.